The van der Waals surface area contributed by atoms with Crippen molar-refractivity contribution in [3.8, 4) is 0 Å². The van der Waals surface area contributed by atoms with E-state index in [0.717, 1.165) is 38.3 Å². The van der Waals surface area contributed by atoms with Gasteiger partial charge in [0.15, 0.2) is 0 Å². The van der Waals surface area contributed by atoms with E-state index in [9.17, 15) is 4.79 Å². The minimum Gasteiger partial charge on any atom is -0.337 e. The van der Waals surface area contributed by atoms with Crippen molar-refractivity contribution in [3.05, 3.63) is 76.3 Å². The van der Waals surface area contributed by atoms with E-state index < -0.39 is 0 Å². The topological polar surface area (TPSA) is 23.6 Å². The van der Waals surface area contributed by atoms with Crippen molar-refractivity contribution in [1.82, 2.24) is 9.80 Å². The van der Waals surface area contributed by atoms with Gasteiger partial charge in [-0.1, -0.05) is 59.6 Å². The van der Waals surface area contributed by atoms with E-state index in [0.29, 0.717) is 5.02 Å². The van der Waals surface area contributed by atoms with Crippen molar-refractivity contribution in [2.75, 3.05) is 26.2 Å². The van der Waals surface area contributed by atoms with E-state index in [2.05, 4.69) is 36.1 Å². The number of amides is 1. The maximum absolute atomic E-state index is 12.4. The van der Waals surface area contributed by atoms with Gasteiger partial charge in [0.25, 0.3) is 0 Å². The lowest BCUT2D eigenvalue weighted by Gasteiger charge is -2.34. The van der Waals surface area contributed by atoms with Crippen LogP contribution in [0.25, 0.3) is 6.08 Å². The molecule has 3 rings (SSSR count). The van der Waals surface area contributed by atoms with E-state index >= 15 is 0 Å². The third-order valence-corrected chi connectivity index (χ3v) is 4.87. The van der Waals surface area contributed by atoms with Crippen LogP contribution in [0, 0.1) is 6.92 Å². The molecule has 1 fully saturated rings. The van der Waals surface area contributed by atoms with Crippen LogP contribution < -0.4 is 0 Å². The molecule has 4 heteroatoms. The monoisotopic (exact) mass is 354 g/mol. The molecule has 3 nitrogen and oxygen atoms in total. The van der Waals surface area contributed by atoms with Crippen molar-refractivity contribution < 1.29 is 4.79 Å². The number of rotatable bonds is 4. The summed E-state index contributed by atoms with van der Waals surface area (Å²) in [7, 11) is 0. The Morgan fingerprint density at radius 3 is 2.40 bits per heavy atom. The number of hydrogen-bond acceptors (Lipinski definition) is 2. The third kappa shape index (κ3) is 4.94. The summed E-state index contributed by atoms with van der Waals surface area (Å²) in [5.74, 6) is 0.0508. The van der Waals surface area contributed by atoms with Crippen LogP contribution in [0.2, 0.25) is 5.02 Å². The predicted molar refractivity (Wildman–Crippen MR) is 104 cm³/mol. The van der Waals surface area contributed by atoms with E-state index in [-0.39, 0.29) is 5.91 Å². The summed E-state index contributed by atoms with van der Waals surface area (Å²) in [4.78, 5) is 16.7. The molecule has 1 heterocycles. The van der Waals surface area contributed by atoms with Gasteiger partial charge < -0.3 is 4.90 Å². The summed E-state index contributed by atoms with van der Waals surface area (Å²) in [5, 5.41) is 0.662. The van der Waals surface area contributed by atoms with Crippen molar-refractivity contribution in [2.45, 2.75) is 13.5 Å². The number of nitrogens with zero attached hydrogens (tertiary/aromatic N) is 2. The summed E-state index contributed by atoms with van der Waals surface area (Å²) in [6.07, 6.45) is 3.42. The average Bonchev–Trinajstić information content (AvgIpc) is 2.63. The van der Waals surface area contributed by atoms with Gasteiger partial charge in [-0.25, -0.2) is 0 Å². The second kappa shape index (κ2) is 8.32. The standard InChI is InChI=1S/C21H23ClN2O/c1-17-6-8-18(9-7-17)16-23-12-14-24(15-13-23)21(25)11-10-19-4-2-3-5-20(19)22/h2-11H,12-16H2,1H3/b11-10+. The highest BCUT2D eigenvalue weighted by atomic mass is 35.5. The van der Waals surface area contributed by atoms with E-state index in [1.165, 1.54) is 11.1 Å². The van der Waals surface area contributed by atoms with Crippen molar-refractivity contribution >= 4 is 23.6 Å². The number of hydrogen-bond donors (Lipinski definition) is 0. The molecule has 0 atom stereocenters. The maximum Gasteiger partial charge on any atom is 0.246 e. The second-order valence-electron chi connectivity index (χ2n) is 6.44. The van der Waals surface area contributed by atoms with Gasteiger partial charge >= 0.3 is 0 Å². The lowest BCUT2D eigenvalue weighted by Crippen LogP contribution is -2.47. The zero-order valence-electron chi connectivity index (χ0n) is 14.5. The fraction of sp³-hybridized carbons (Fsp3) is 0.286. The summed E-state index contributed by atoms with van der Waals surface area (Å²) >= 11 is 6.12. The molecule has 0 unspecified atom stereocenters. The quantitative estimate of drug-likeness (QED) is 0.775. The molecule has 1 aliphatic rings. The third-order valence-electron chi connectivity index (χ3n) is 4.52. The van der Waals surface area contributed by atoms with Gasteiger partial charge in [0.1, 0.15) is 0 Å². The van der Waals surface area contributed by atoms with E-state index in [1.54, 1.807) is 12.2 Å². The Labute approximate surface area is 154 Å². The molecule has 0 N–H and O–H groups in total. The molecule has 0 aromatic heterocycles. The number of carbonyl (C=O) groups excluding carboxylic acids is 1. The second-order valence-corrected chi connectivity index (χ2v) is 6.85. The Morgan fingerprint density at radius 1 is 1.04 bits per heavy atom. The molecular weight excluding hydrogens is 332 g/mol. The van der Waals surface area contributed by atoms with Crippen LogP contribution in [0.15, 0.2) is 54.6 Å². The van der Waals surface area contributed by atoms with Gasteiger partial charge in [0.2, 0.25) is 5.91 Å². The molecule has 0 bridgehead atoms. The first-order chi connectivity index (χ1) is 12.1. The van der Waals surface area contributed by atoms with Crippen LogP contribution >= 0.6 is 11.6 Å². The molecule has 0 radical (unpaired) electrons. The molecule has 2 aromatic rings. The highest BCUT2D eigenvalue weighted by Crippen LogP contribution is 2.16. The van der Waals surface area contributed by atoms with Crippen LogP contribution in [0.3, 0.4) is 0 Å². The van der Waals surface area contributed by atoms with Crippen LogP contribution in [-0.4, -0.2) is 41.9 Å². The Morgan fingerprint density at radius 2 is 1.72 bits per heavy atom. The number of benzene rings is 2. The zero-order valence-corrected chi connectivity index (χ0v) is 15.2. The van der Waals surface area contributed by atoms with Crippen molar-refractivity contribution in [2.24, 2.45) is 0 Å². The molecule has 0 aliphatic carbocycles. The van der Waals surface area contributed by atoms with Gasteiger partial charge in [-0.15, -0.1) is 0 Å². The molecule has 25 heavy (non-hydrogen) atoms. The van der Waals surface area contributed by atoms with Gasteiger partial charge in [-0.2, -0.15) is 0 Å². The SMILES string of the molecule is Cc1ccc(CN2CCN(C(=O)/C=C/c3ccccc3Cl)CC2)cc1. The predicted octanol–water partition coefficient (Wildman–Crippen LogP) is 4.01. The van der Waals surface area contributed by atoms with E-state index in [4.69, 9.17) is 11.6 Å². The molecule has 1 aliphatic heterocycles. The fourth-order valence-electron chi connectivity index (χ4n) is 2.95. The first kappa shape index (κ1) is 17.7. The number of carbonyl (C=O) groups is 1. The first-order valence-corrected chi connectivity index (χ1v) is 8.99. The lowest BCUT2D eigenvalue weighted by atomic mass is 10.1. The molecule has 1 saturated heterocycles. The number of halogens is 1. The van der Waals surface area contributed by atoms with Gasteiger partial charge in [-0.05, 0) is 30.2 Å². The number of piperazine rings is 1. The Hall–Kier alpha value is -2.10. The fourth-order valence-corrected chi connectivity index (χ4v) is 3.15. The summed E-state index contributed by atoms with van der Waals surface area (Å²) in [5.41, 5.74) is 3.48. The summed E-state index contributed by atoms with van der Waals surface area (Å²) in [6, 6.07) is 16.2. The molecule has 2 aromatic carbocycles. The van der Waals surface area contributed by atoms with Crippen LogP contribution in [0.1, 0.15) is 16.7 Å². The summed E-state index contributed by atoms with van der Waals surface area (Å²) in [6.45, 7) is 6.37. The zero-order chi connectivity index (χ0) is 17.6. The molecule has 0 spiro atoms. The molecular formula is C21H23ClN2O. The maximum atomic E-state index is 12.4. The van der Waals surface area contributed by atoms with Gasteiger partial charge in [0, 0.05) is 43.8 Å². The lowest BCUT2D eigenvalue weighted by molar-refractivity contribution is -0.127. The highest BCUT2D eigenvalue weighted by molar-refractivity contribution is 6.32. The van der Waals surface area contributed by atoms with E-state index in [1.807, 2.05) is 29.2 Å². The largest absolute Gasteiger partial charge is 0.337 e. The van der Waals surface area contributed by atoms with Crippen molar-refractivity contribution in [1.29, 1.82) is 0 Å². The van der Waals surface area contributed by atoms with Crippen LogP contribution in [0.5, 0.6) is 0 Å². The highest BCUT2D eigenvalue weighted by Gasteiger charge is 2.19. The van der Waals surface area contributed by atoms with Crippen molar-refractivity contribution in [3.63, 3.8) is 0 Å². The van der Waals surface area contributed by atoms with Crippen LogP contribution in [-0.2, 0) is 11.3 Å². The Balaban J connectivity index is 1.50. The Bertz CT molecular complexity index is 747. The minimum absolute atomic E-state index is 0.0508. The summed E-state index contributed by atoms with van der Waals surface area (Å²) < 4.78 is 0. The average molecular weight is 355 g/mol. The van der Waals surface area contributed by atoms with Gasteiger partial charge in [0.05, 0.1) is 0 Å². The van der Waals surface area contributed by atoms with Gasteiger partial charge in [-0.3, -0.25) is 9.69 Å². The minimum atomic E-state index is 0.0508. The first-order valence-electron chi connectivity index (χ1n) is 8.61. The molecule has 130 valence electrons. The molecule has 0 saturated carbocycles. The number of aryl methyl sites for hydroxylation is 1. The molecule has 1 amide bonds. The van der Waals surface area contributed by atoms with Crippen LogP contribution in [0.4, 0.5) is 0 Å². The smallest absolute Gasteiger partial charge is 0.246 e. The Kier molecular flexibility index (Phi) is 5.90. The normalized spacial score (nSPS) is 15.7.